The van der Waals surface area contributed by atoms with Crippen molar-refractivity contribution in [3.05, 3.63) is 35.6 Å². The Labute approximate surface area is 162 Å². The van der Waals surface area contributed by atoms with Gasteiger partial charge in [-0.15, -0.1) is 0 Å². The lowest BCUT2D eigenvalue weighted by Gasteiger charge is -2.18. The Bertz CT molecular complexity index is 915. The first-order chi connectivity index (χ1) is 12.4. The fourth-order valence-electron chi connectivity index (χ4n) is 3.07. The van der Waals surface area contributed by atoms with E-state index >= 15 is 0 Å². The van der Waals surface area contributed by atoms with Gasteiger partial charge in [0, 0.05) is 54.5 Å². The molecule has 2 aromatic rings. The van der Waals surface area contributed by atoms with E-state index in [-0.39, 0.29) is 23.4 Å². The van der Waals surface area contributed by atoms with Crippen molar-refractivity contribution in [1.82, 2.24) is 14.6 Å². The van der Waals surface area contributed by atoms with Crippen molar-refractivity contribution >= 4 is 50.1 Å². The van der Waals surface area contributed by atoms with E-state index in [1.165, 1.54) is 10.5 Å². The van der Waals surface area contributed by atoms with E-state index in [1.807, 2.05) is 6.26 Å². The van der Waals surface area contributed by atoms with Gasteiger partial charge in [-0.25, -0.2) is 8.42 Å². The zero-order valence-corrected chi connectivity index (χ0v) is 16.7. The van der Waals surface area contributed by atoms with Crippen LogP contribution in [0.4, 0.5) is 0 Å². The van der Waals surface area contributed by atoms with Crippen LogP contribution in [0.5, 0.6) is 0 Å². The molecule has 1 aromatic carbocycles. The molecule has 0 aliphatic carbocycles. The summed E-state index contributed by atoms with van der Waals surface area (Å²) in [5.41, 5.74) is 0. The number of rotatable bonds is 6. The molecule has 0 bridgehead atoms. The van der Waals surface area contributed by atoms with Crippen molar-refractivity contribution in [3.63, 3.8) is 0 Å². The van der Waals surface area contributed by atoms with Crippen LogP contribution in [0.1, 0.15) is 12.8 Å². The van der Waals surface area contributed by atoms with E-state index in [1.54, 1.807) is 36.2 Å². The predicted molar refractivity (Wildman–Crippen MR) is 105 cm³/mol. The fourth-order valence-corrected chi connectivity index (χ4v) is 5.52. The maximum Gasteiger partial charge on any atom is 0.243 e. The highest BCUT2D eigenvalue weighted by Crippen LogP contribution is 2.32. The fraction of sp³-hybridized carbons (Fsp3) is 0.412. The monoisotopic (exact) mass is 413 g/mol. The Balaban J connectivity index is 1.81. The Morgan fingerprint density at radius 3 is 3.00 bits per heavy atom. The van der Waals surface area contributed by atoms with Crippen molar-refractivity contribution in [2.24, 2.45) is 0 Å². The Morgan fingerprint density at radius 1 is 1.42 bits per heavy atom. The van der Waals surface area contributed by atoms with Crippen LogP contribution in [0.25, 0.3) is 10.8 Å². The number of hydrogen-bond acceptors (Lipinski definition) is 5. The van der Waals surface area contributed by atoms with Gasteiger partial charge in [-0.2, -0.15) is 16.1 Å². The molecule has 26 heavy (non-hydrogen) atoms. The van der Waals surface area contributed by atoms with Gasteiger partial charge in [-0.3, -0.25) is 9.78 Å². The van der Waals surface area contributed by atoms with Crippen LogP contribution in [0.2, 0.25) is 5.02 Å². The number of benzene rings is 1. The van der Waals surface area contributed by atoms with E-state index in [9.17, 15) is 13.2 Å². The molecule has 0 spiro atoms. The molecule has 1 aromatic heterocycles. The van der Waals surface area contributed by atoms with E-state index in [0.717, 1.165) is 5.75 Å². The first-order valence-corrected chi connectivity index (χ1v) is 11.5. The highest BCUT2D eigenvalue weighted by Gasteiger charge is 2.34. The summed E-state index contributed by atoms with van der Waals surface area (Å²) in [5, 5.41) is 4.39. The van der Waals surface area contributed by atoms with Crippen LogP contribution in [0.15, 0.2) is 35.5 Å². The Kier molecular flexibility index (Phi) is 6.06. The largest absolute Gasteiger partial charge is 0.352 e. The van der Waals surface area contributed by atoms with Gasteiger partial charge in [-0.1, -0.05) is 23.7 Å². The second kappa shape index (κ2) is 8.12. The summed E-state index contributed by atoms with van der Waals surface area (Å²) in [7, 11) is -3.71. The Hall–Kier alpha value is -1.35. The average Bonchev–Trinajstić information content (AvgIpc) is 3.09. The lowest BCUT2D eigenvalue weighted by Crippen LogP contribution is -2.38. The maximum absolute atomic E-state index is 13.1. The summed E-state index contributed by atoms with van der Waals surface area (Å²) in [6.07, 6.45) is 6.03. The zero-order chi connectivity index (χ0) is 18.7. The molecule has 1 saturated heterocycles. The molecule has 0 saturated carbocycles. The molecule has 140 valence electrons. The molecular formula is C17H20ClN3O3S2. The topological polar surface area (TPSA) is 79.4 Å². The minimum atomic E-state index is -3.71. The standard InChI is InChI=1S/C17H20ClN3O3S2/c1-25-8-6-16(22)20-13-5-7-21(11-13)26(23,24)15-4-2-3-12-9-19-10-14(18)17(12)15/h2-4,9-10,13H,5-8,11H2,1H3,(H,20,22)/t13-/m0/s1. The Morgan fingerprint density at radius 2 is 2.23 bits per heavy atom. The summed E-state index contributed by atoms with van der Waals surface area (Å²) >= 11 is 7.82. The molecular weight excluding hydrogens is 394 g/mol. The average molecular weight is 414 g/mol. The third kappa shape index (κ3) is 3.98. The predicted octanol–water partition coefficient (Wildman–Crippen LogP) is 2.52. The second-order valence-electron chi connectivity index (χ2n) is 6.13. The summed E-state index contributed by atoms with van der Waals surface area (Å²) < 4.78 is 27.7. The van der Waals surface area contributed by atoms with E-state index in [2.05, 4.69) is 10.3 Å². The molecule has 1 fully saturated rings. The zero-order valence-electron chi connectivity index (χ0n) is 14.3. The van der Waals surface area contributed by atoms with Gasteiger partial charge in [0.05, 0.1) is 9.92 Å². The quantitative estimate of drug-likeness (QED) is 0.787. The molecule has 1 atom stereocenters. The molecule has 2 heterocycles. The van der Waals surface area contributed by atoms with Crippen molar-refractivity contribution in [1.29, 1.82) is 0 Å². The number of nitrogens with one attached hydrogen (secondary N) is 1. The number of halogens is 1. The molecule has 1 aliphatic heterocycles. The molecule has 1 N–H and O–H groups in total. The number of sulfonamides is 1. The lowest BCUT2D eigenvalue weighted by molar-refractivity contribution is -0.121. The van der Waals surface area contributed by atoms with Crippen LogP contribution < -0.4 is 5.32 Å². The van der Waals surface area contributed by atoms with Crippen LogP contribution in [-0.2, 0) is 14.8 Å². The summed E-state index contributed by atoms with van der Waals surface area (Å²) in [6.45, 7) is 0.640. The van der Waals surface area contributed by atoms with Gasteiger partial charge in [0.2, 0.25) is 15.9 Å². The number of amides is 1. The first kappa shape index (κ1) is 19.4. The third-order valence-electron chi connectivity index (χ3n) is 4.37. The van der Waals surface area contributed by atoms with Crippen LogP contribution in [-0.4, -0.2) is 54.8 Å². The highest BCUT2D eigenvalue weighted by atomic mass is 35.5. The first-order valence-electron chi connectivity index (χ1n) is 8.24. The maximum atomic E-state index is 13.1. The van der Waals surface area contributed by atoms with Crippen LogP contribution in [0, 0.1) is 0 Å². The smallest absolute Gasteiger partial charge is 0.243 e. The third-order valence-corrected chi connectivity index (χ3v) is 7.17. The molecule has 9 heteroatoms. The van der Waals surface area contributed by atoms with E-state index in [4.69, 9.17) is 11.6 Å². The normalized spacial score (nSPS) is 18.3. The van der Waals surface area contributed by atoms with Gasteiger partial charge in [0.15, 0.2) is 0 Å². The van der Waals surface area contributed by atoms with Crippen molar-refractivity contribution in [3.8, 4) is 0 Å². The number of pyridine rings is 1. The number of aromatic nitrogens is 1. The molecule has 3 rings (SSSR count). The minimum Gasteiger partial charge on any atom is -0.352 e. The minimum absolute atomic E-state index is 0.0390. The van der Waals surface area contributed by atoms with Gasteiger partial charge < -0.3 is 5.32 Å². The number of hydrogen-bond donors (Lipinski definition) is 1. The van der Waals surface area contributed by atoms with E-state index < -0.39 is 10.0 Å². The van der Waals surface area contributed by atoms with Gasteiger partial charge in [-0.05, 0) is 18.7 Å². The summed E-state index contributed by atoms with van der Waals surface area (Å²) in [4.78, 5) is 16.1. The highest BCUT2D eigenvalue weighted by molar-refractivity contribution is 7.98. The number of carbonyl (C=O) groups is 1. The molecule has 1 aliphatic rings. The van der Waals surface area contributed by atoms with Crippen molar-refractivity contribution < 1.29 is 13.2 Å². The molecule has 6 nitrogen and oxygen atoms in total. The number of fused-ring (bicyclic) bond motifs is 1. The lowest BCUT2D eigenvalue weighted by atomic mass is 10.2. The second-order valence-corrected chi connectivity index (χ2v) is 9.43. The van der Waals surface area contributed by atoms with Gasteiger partial charge >= 0.3 is 0 Å². The SMILES string of the molecule is CSCCC(=O)N[C@H]1CCN(S(=O)(=O)c2cccc3cncc(Cl)c23)C1. The molecule has 0 unspecified atom stereocenters. The number of nitrogens with zero attached hydrogens (tertiary/aromatic N) is 2. The van der Waals surface area contributed by atoms with Crippen molar-refractivity contribution in [2.75, 3.05) is 25.1 Å². The molecule has 1 amide bonds. The van der Waals surface area contributed by atoms with Gasteiger partial charge in [0.25, 0.3) is 0 Å². The van der Waals surface area contributed by atoms with E-state index in [0.29, 0.717) is 35.2 Å². The van der Waals surface area contributed by atoms with Gasteiger partial charge in [0.1, 0.15) is 0 Å². The summed E-state index contributed by atoms with van der Waals surface area (Å²) in [5.74, 6) is 0.714. The number of carbonyl (C=O) groups excluding carboxylic acids is 1. The summed E-state index contributed by atoms with van der Waals surface area (Å²) in [6, 6.07) is 4.87. The molecule has 0 radical (unpaired) electrons. The van der Waals surface area contributed by atoms with Crippen molar-refractivity contribution in [2.45, 2.75) is 23.8 Å². The number of thioether (sulfide) groups is 1. The van der Waals surface area contributed by atoms with Crippen LogP contribution in [0.3, 0.4) is 0 Å². The van der Waals surface area contributed by atoms with Crippen LogP contribution >= 0.6 is 23.4 Å².